The van der Waals surface area contributed by atoms with E-state index in [1.165, 1.54) is 7.11 Å². The maximum absolute atomic E-state index is 12.8. The Morgan fingerprint density at radius 2 is 1.76 bits per heavy atom. The molecular weight excluding hydrogens is 541 g/mol. The van der Waals surface area contributed by atoms with Gasteiger partial charge >= 0.3 is 5.97 Å². The average Bonchev–Trinajstić information content (AvgIpc) is 2.87. The molecule has 0 radical (unpaired) electrons. The molecule has 1 aliphatic rings. The molecule has 12 heteroatoms. The van der Waals surface area contributed by atoms with Crippen LogP contribution in [0.1, 0.15) is 27.1 Å². The van der Waals surface area contributed by atoms with E-state index < -0.39 is 5.97 Å². The predicted octanol–water partition coefficient (Wildman–Crippen LogP) is 4.49. The number of carboxylic acid groups (broad SMARTS) is 1. The Balaban J connectivity index is 0.00000228. The van der Waals surface area contributed by atoms with Crippen molar-refractivity contribution in [3.8, 4) is 11.8 Å². The van der Waals surface area contributed by atoms with E-state index in [4.69, 9.17) is 15.0 Å². The number of methoxy groups -OCH3 is 1. The number of para-hydroxylation sites is 1. The smallest absolute Gasteiger partial charge is 0.336 e. The van der Waals surface area contributed by atoms with Crippen LogP contribution in [-0.4, -0.2) is 66.7 Å². The van der Waals surface area contributed by atoms with Crippen LogP contribution in [0.25, 0.3) is 10.9 Å². The van der Waals surface area contributed by atoms with E-state index in [0.717, 1.165) is 19.6 Å². The van der Waals surface area contributed by atoms with Crippen molar-refractivity contribution in [1.82, 2.24) is 9.88 Å². The number of rotatable bonds is 7. The molecule has 4 rings (SSSR count). The number of aromatic nitrogens is 1. The summed E-state index contributed by atoms with van der Waals surface area (Å²) >= 11 is 0. The number of pyridine rings is 1. The topological polar surface area (TPSA) is 119 Å². The van der Waals surface area contributed by atoms with E-state index in [9.17, 15) is 14.7 Å². The third-order valence-electron chi connectivity index (χ3n) is 5.87. The van der Waals surface area contributed by atoms with Gasteiger partial charge in [0.1, 0.15) is 11.6 Å². The van der Waals surface area contributed by atoms with E-state index in [2.05, 4.69) is 21.2 Å². The third kappa shape index (κ3) is 7.37. The zero-order chi connectivity index (χ0) is 24.1. The van der Waals surface area contributed by atoms with Crippen LogP contribution in [0.2, 0.25) is 0 Å². The third-order valence-corrected chi connectivity index (χ3v) is 5.87. The zero-order valence-electron chi connectivity index (χ0n) is 20.0. The normalized spacial score (nSPS) is 12.8. The summed E-state index contributed by atoms with van der Waals surface area (Å²) in [4.78, 5) is 33.8. The van der Waals surface area contributed by atoms with Crippen LogP contribution in [0, 0.1) is 11.3 Å². The van der Waals surface area contributed by atoms with Crippen molar-refractivity contribution in [2.75, 3.05) is 50.1 Å². The molecular formula is C25H28Cl3N5O4. The number of ether oxygens (including phenoxy) is 1. The van der Waals surface area contributed by atoms with Crippen LogP contribution >= 0.6 is 37.2 Å². The van der Waals surface area contributed by atoms with Crippen LogP contribution in [-0.2, 0) is 0 Å². The highest BCUT2D eigenvalue weighted by molar-refractivity contribution is 6.09. The maximum atomic E-state index is 12.8. The fraction of sp³-hybridized carbons (Fsp3) is 0.280. The second kappa shape index (κ2) is 14.4. The van der Waals surface area contributed by atoms with Crippen molar-refractivity contribution < 1.29 is 19.4 Å². The molecule has 2 aromatic carbocycles. The second-order valence-electron chi connectivity index (χ2n) is 7.96. The highest BCUT2D eigenvalue weighted by atomic mass is 35.5. The molecule has 1 amide bonds. The second-order valence-corrected chi connectivity index (χ2v) is 7.96. The molecule has 2 N–H and O–H groups in total. The summed E-state index contributed by atoms with van der Waals surface area (Å²) in [5.41, 5.74) is 1.51. The lowest BCUT2D eigenvalue weighted by molar-refractivity contribution is 0.0698. The van der Waals surface area contributed by atoms with Crippen molar-refractivity contribution >= 4 is 71.5 Å². The quantitative estimate of drug-likeness (QED) is 0.428. The number of amides is 1. The van der Waals surface area contributed by atoms with Crippen LogP contribution < -0.4 is 15.0 Å². The van der Waals surface area contributed by atoms with E-state index >= 15 is 0 Å². The van der Waals surface area contributed by atoms with Gasteiger partial charge in [0.15, 0.2) is 0 Å². The average molecular weight is 569 g/mol. The highest BCUT2D eigenvalue weighted by Gasteiger charge is 2.21. The number of carboxylic acids is 1. The minimum absolute atomic E-state index is 0. The summed E-state index contributed by atoms with van der Waals surface area (Å²) in [5, 5.41) is 21.9. The highest BCUT2D eigenvalue weighted by Crippen LogP contribution is 2.27. The van der Waals surface area contributed by atoms with Crippen LogP contribution in [0.4, 0.5) is 11.5 Å². The molecule has 198 valence electrons. The minimum Gasteiger partial charge on any atom is -0.496 e. The molecule has 0 spiro atoms. The largest absolute Gasteiger partial charge is 0.496 e. The van der Waals surface area contributed by atoms with E-state index in [0.29, 0.717) is 53.2 Å². The van der Waals surface area contributed by atoms with E-state index in [1.807, 2.05) is 0 Å². The molecule has 1 aliphatic heterocycles. The zero-order valence-corrected chi connectivity index (χ0v) is 22.5. The van der Waals surface area contributed by atoms with Gasteiger partial charge in [-0.25, -0.2) is 9.78 Å². The first kappa shape index (κ1) is 31.7. The minimum atomic E-state index is -1.06. The first-order chi connectivity index (χ1) is 16.5. The molecule has 1 fully saturated rings. The Kier molecular flexibility index (Phi) is 12.4. The number of benzene rings is 2. The van der Waals surface area contributed by atoms with E-state index in [-0.39, 0.29) is 48.7 Å². The van der Waals surface area contributed by atoms with Crippen molar-refractivity contribution in [3.63, 3.8) is 0 Å². The fourth-order valence-electron chi connectivity index (χ4n) is 4.07. The molecule has 0 saturated carbocycles. The van der Waals surface area contributed by atoms with Gasteiger partial charge in [0.05, 0.1) is 29.8 Å². The van der Waals surface area contributed by atoms with Gasteiger partial charge < -0.3 is 20.1 Å². The van der Waals surface area contributed by atoms with Crippen molar-refractivity contribution in [2.45, 2.75) is 6.42 Å². The van der Waals surface area contributed by atoms with Gasteiger partial charge in [-0.15, -0.1) is 37.2 Å². The predicted molar refractivity (Wildman–Crippen MR) is 150 cm³/mol. The van der Waals surface area contributed by atoms with E-state index in [1.54, 1.807) is 48.5 Å². The molecule has 9 nitrogen and oxygen atoms in total. The number of aromatic carboxylic acids is 1. The van der Waals surface area contributed by atoms with Gasteiger partial charge in [-0.3, -0.25) is 9.69 Å². The standard InChI is InChI=1S/C25H25N5O4.3ClH/c1-34-22-6-3-2-5-18(22)24(31)27-17-7-8-21-19(15-17)20(25(32)33)16-23(28-21)30-13-11-29(12-14-30)10-4-9-26;;;/h2-3,5-8,15-16H,4,10-14H2,1H3,(H,27,31)(H,32,33);3*1H. The van der Waals surface area contributed by atoms with Crippen molar-refractivity contribution in [2.24, 2.45) is 0 Å². The monoisotopic (exact) mass is 567 g/mol. The lowest BCUT2D eigenvalue weighted by Crippen LogP contribution is -2.46. The Hall–Kier alpha value is -3.29. The van der Waals surface area contributed by atoms with Gasteiger partial charge in [-0.05, 0) is 36.4 Å². The summed E-state index contributed by atoms with van der Waals surface area (Å²) in [6, 6.07) is 15.7. The number of carbonyl (C=O) groups is 2. The lowest BCUT2D eigenvalue weighted by Gasteiger charge is -2.35. The van der Waals surface area contributed by atoms with Gasteiger partial charge in [-0.1, -0.05) is 12.1 Å². The number of nitrogens with one attached hydrogen (secondary N) is 1. The van der Waals surface area contributed by atoms with Crippen LogP contribution in [0.5, 0.6) is 5.75 Å². The Bertz CT molecular complexity index is 1280. The number of nitrogens with zero attached hydrogens (tertiary/aromatic N) is 4. The van der Waals surface area contributed by atoms with Gasteiger partial charge in [0.2, 0.25) is 0 Å². The number of carbonyl (C=O) groups excluding carboxylic acids is 1. The number of hydrogen-bond acceptors (Lipinski definition) is 7. The molecule has 1 saturated heterocycles. The Labute approximate surface area is 233 Å². The fourth-order valence-corrected chi connectivity index (χ4v) is 4.07. The van der Waals surface area contributed by atoms with Crippen molar-refractivity contribution in [3.05, 3.63) is 59.7 Å². The number of nitriles is 1. The SMILES string of the molecule is COc1ccccc1C(=O)Nc1ccc2nc(N3CCN(CCC#N)CC3)cc(C(=O)O)c2c1.Cl.Cl.Cl. The first-order valence-electron chi connectivity index (χ1n) is 11.0. The molecule has 1 aromatic heterocycles. The first-order valence-corrected chi connectivity index (χ1v) is 11.0. The van der Waals surface area contributed by atoms with Crippen LogP contribution in [0.15, 0.2) is 48.5 Å². The number of fused-ring (bicyclic) bond motifs is 1. The summed E-state index contributed by atoms with van der Waals surface area (Å²) in [7, 11) is 1.50. The summed E-state index contributed by atoms with van der Waals surface area (Å²) in [6.45, 7) is 3.72. The molecule has 0 atom stereocenters. The van der Waals surface area contributed by atoms with Crippen molar-refractivity contribution in [1.29, 1.82) is 5.26 Å². The molecule has 37 heavy (non-hydrogen) atoms. The van der Waals surface area contributed by atoms with Gasteiger partial charge in [-0.2, -0.15) is 5.26 Å². The number of anilines is 2. The maximum Gasteiger partial charge on any atom is 0.336 e. The Morgan fingerprint density at radius 3 is 2.41 bits per heavy atom. The summed E-state index contributed by atoms with van der Waals surface area (Å²) in [5.74, 6) is -0.358. The molecule has 0 bridgehead atoms. The number of piperazine rings is 1. The van der Waals surface area contributed by atoms with Gasteiger partial charge in [0.25, 0.3) is 5.91 Å². The Morgan fingerprint density at radius 1 is 1.05 bits per heavy atom. The summed E-state index contributed by atoms with van der Waals surface area (Å²) < 4.78 is 5.25. The molecule has 3 aromatic rings. The van der Waals surface area contributed by atoms with Gasteiger partial charge in [0, 0.05) is 50.2 Å². The molecule has 2 heterocycles. The summed E-state index contributed by atoms with van der Waals surface area (Å²) in [6.07, 6.45) is 0.493. The lowest BCUT2D eigenvalue weighted by atomic mass is 10.1. The molecule has 0 aliphatic carbocycles. The number of hydrogen-bond donors (Lipinski definition) is 2. The van der Waals surface area contributed by atoms with Crippen LogP contribution in [0.3, 0.4) is 0 Å². The molecule has 0 unspecified atom stereocenters. The number of halogens is 3.